The lowest BCUT2D eigenvalue weighted by atomic mass is 10.1. The van der Waals surface area contributed by atoms with Crippen LogP contribution in [0.25, 0.3) is 0 Å². The van der Waals surface area contributed by atoms with Crippen molar-refractivity contribution >= 4 is 35.0 Å². The van der Waals surface area contributed by atoms with Crippen molar-refractivity contribution in [1.82, 2.24) is 10.2 Å². The van der Waals surface area contributed by atoms with Gasteiger partial charge in [0, 0.05) is 34.1 Å². The van der Waals surface area contributed by atoms with E-state index in [-0.39, 0.29) is 11.6 Å². The number of hydrogen-bond acceptors (Lipinski definition) is 5. The Bertz CT molecular complexity index is 860. The van der Waals surface area contributed by atoms with Gasteiger partial charge < -0.3 is 5.32 Å². The standard InChI is InChI=1S/C20H22ClN3O3S/c1-2-23-11-3-4-16(23)13-22-20(25)14-5-10-19(18(12-14)24(26)27)28-17-8-6-15(21)7-9-17/h5-10,12,16H,2-4,11,13H2,1H3,(H,22,25). The summed E-state index contributed by atoms with van der Waals surface area (Å²) < 4.78 is 0. The van der Waals surface area contributed by atoms with E-state index in [1.165, 1.54) is 17.8 Å². The Morgan fingerprint density at radius 1 is 1.32 bits per heavy atom. The number of likely N-dealkylation sites (tertiary alicyclic amines) is 1. The van der Waals surface area contributed by atoms with Gasteiger partial charge in [-0.2, -0.15) is 0 Å². The van der Waals surface area contributed by atoms with Crippen LogP contribution in [0, 0.1) is 10.1 Å². The molecule has 1 N–H and O–H groups in total. The summed E-state index contributed by atoms with van der Waals surface area (Å²) in [6, 6.07) is 12.0. The van der Waals surface area contributed by atoms with Gasteiger partial charge >= 0.3 is 0 Å². The molecule has 2 aromatic rings. The van der Waals surface area contributed by atoms with Gasteiger partial charge in [0.25, 0.3) is 11.6 Å². The van der Waals surface area contributed by atoms with E-state index in [9.17, 15) is 14.9 Å². The lowest BCUT2D eigenvalue weighted by Crippen LogP contribution is -2.40. The molecule has 1 aliphatic rings. The summed E-state index contributed by atoms with van der Waals surface area (Å²) in [5.41, 5.74) is 0.219. The Balaban J connectivity index is 1.71. The molecule has 0 bridgehead atoms. The topological polar surface area (TPSA) is 75.5 Å². The lowest BCUT2D eigenvalue weighted by molar-refractivity contribution is -0.387. The molecule has 8 heteroatoms. The van der Waals surface area contributed by atoms with E-state index >= 15 is 0 Å². The fourth-order valence-corrected chi connectivity index (χ4v) is 4.40. The van der Waals surface area contributed by atoms with Crippen molar-refractivity contribution in [2.45, 2.75) is 35.6 Å². The highest BCUT2D eigenvalue weighted by molar-refractivity contribution is 7.99. The minimum atomic E-state index is -0.454. The molecule has 0 aliphatic carbocycles. The van der Waals surface area contributed by atoms with Crippen LogP contribution in [0.15, 0.2) is 52.3 Å². The second-order valence-electron chi connectivity index (χ2n) is 6.63. The number of halogens is 1. The molecular weight excluding hydrogens is 398 g/mol. The zero-order valence-electron chi connectivity index (χ0n) is 15.6. The number of nitrogens with one attached hydrogen (secondary N) is 1. The van der Waals surface area contributed by atoms with E-state index in [4.69, 9.17) is 11.6 Å². The summed E-state index contributed by atoms with van der Waals surface area (Å²) >= 11 is 7.15. The number of nitro groups is 1. The quantitative estimate of drug-likeness (QED) is 0.523. The molecule has 2 aromatic carbocycles. The second kappa shape index (κ2) is 9.41. The maximum atomic E-state index is 12.5. The van der Waals surface area contributed by atoms with Crippen LogP contribution in [0.1, 0.15) is 30.1 Å². The van der Waals surface area contributed by atoms with E-state index in [1.54, 1.807) is 36.4 Å². The Hall–Kier alpha value is -2.09. The fourth-order valence-electron chi connectivity index (χ4n) is 3.37. The fraction of sp³-hybridized carbons (Fsp3) is 0.350. The molecule has 0 radical (unpaired) electrons. The number of nitrogens with zero attached hydrogens (tertiary/aromatic N) is 2. The van der Waals surface area contributed by atoms with Crippen LogP contribution in [0.3, 0.4) is 0 Å². The second-order valence-corrected chi connectivity index (χ2v) is 8.18. The van der Waals surface area contributed by atoms with Gasteiger partial charge in [-0.1, -0.05) is 30.3 Å². The highest BCUT2D eigenvalue weighted by Crippen LogP contribution is 2.35. The number of carbonyl (C=O) groups excluding carboxylic acids is 1. The first-order valence-electron chi connectivity index (χ1n) is 9.22. The van der Waals surface area contributed by atoms with Crippen LogP contribution < -0.4 is 5.32 Å². The van der Waals surface area contributed by atoms with Gasteiger partial charge in [0.1, 0.15) is 0 Å². The van der Waals surface area contributed by atoms with E-state index in [0.717, 1.165) is 30.8 Å². The predicted molar refractivity (Wildman–Crippen MR) is 111 cm³/mol. The van der Waals surface area contributed by atoms with Crippen molar-refractivity contribution in [3.63, 3.8) is 0 Å². The van der Waals surface area contributed by atoms with Crippen LogP contribution in [0.2, 0.25) is 5.02 Å². The molecule has 1 saturated heterocycles. The third-order valence-corrected chi connectivity index (χ3v) is 6.19. The average molecular weight is 420 g/mol. The third-order valence-electron chi connectivity index (χ3n) is 4.86. The van der Waals surface area contributed by atoms with Gasteiger partial charge in [0.2, 0.25) is 0 Å². The van der Waals surface area contributed by atoms with Gasteiger partial charge in [-0.3, -0.25) is 19.8 Å². The molecule has 1 heterocycles. The zero-order valence-corrected chi connectivity index (χ0v) is 17.1. The van der Waals surface area contributed by atoms with Crippen LogP contribution in [0.4, 0.5) is 5.69 Å². The predicted octanol–water partition coefficient (Wildman–Crippen LogP) is 4.61. The Kier molecular flexibility index (Phi) is 6.93. The minimum absolute atomic E-state index is 0.0800. The molecule has 1 atom stereocenters. The number of benzene rings is 2. The molecule has 28 heavy (non-hydrogen) atoms. The van der Waals surface area contributed by atoms with E-state index in [0.29, 0.717) is 28.1 Å². The Morgan fingerprint density at radius 3 is 2.75 bits per heavy atom. The average Bonchev–Trinajstić information content (AvgIpc) is 3.15. The number of nitro benzene ring substituents is 1. The number of likely N-dealkylation sites (N-methyl/N-ethyl adjacent to an activating group) is 1. The maximum Gasteiger partial charge on any atom is 0.284 e. The molecular formula is C20H22ClN3O3S. The first-order valence-corrected chi connectivity index (χ1v) is 10.4. The smallest absolute Gasteiger partial charge is 0.284 e. The van der Waals surface area contributed by atoms with Crippen molar-refractivity contribution in [3.8, 4) is 0 Å². The Labute approximate surface area is 173 Å². The van der Waals surface area contributed by atoms with Crippen LogP contribution in [-0.4, -0.2) is 41.4 Å². The molecule has 1 unspecified atom stereocenters. The lowest BCUT2D eigenvalue weighted by Gasteiger charge is -2.22. The number of amides is 1. The Morgan fingerprint density at radius 2 is 2.07 bits per heavy atom. The molecule has 1 fully saturated rings. The zero-order chi connectivity index (χ0) is 20.1. The van der Waals surface area contributed by atoms with E-state index in [1.807, 2.05) is 0 Å². The van der Waals surface area contributed by atoms with Crippen molar-refractivity contribution < 1.29 is 9.72 Å². The van der Waals surface area contributed by atoms with E-state index in [2.05, 4.69) is 17.1 Å². The van der Waals surface area contributed by atoms with Crippen molar-refractivity contribution in [2.75, 3.05) is 19.6 Å². The number of hydrogen-bond donors (Lipinski definition) is 1. The minimum Gasteiger partial charge on any atom is -0.350 e. The van der Waals surface area contributed by atoms with Gasteiger partial charge in [-0.05, 0) is 62.3 Å². The largest absolute Gasteiger partial charge is 0.350 e. The summed E-state index contributed by atoms with van der Waals surface area (Å²) in [5.74, 6) is -0.283. The first-order chi connectivity index (χ1) is 13.5. The highest BCUT2D eigenvalue weighted by Gasteiger charge is 2.24. The monoisotopic (exact) mass is 419 g/mol. The van der Waals surface area contributed by atoms with Gasteiger partial charge in [0.15, 0.2) is 0 Å². The molecule has 0 aromatic heterocycles. The third kappa shape index (κ3) is 5.04. The molecule has 0 saturated carbocycles. The molecule has 148 valence electrons. The highest BCUT2D eigenvalue weighted by atomic mass is 35.5. The SMILES string of the molecule is CCN1CCCC1CNC(=O)c1ccc(Sc2ccc(Cl)cc2)c([N+](=O)[O-])c1. The normalized spacial score (nSPS) is 16.9. The summed E-state index contributed by atoms with van der Waals surface area (Å²) in [6.45, 7) is 4.68. The van der Waals surface area contributed by atoms with Crippen molar-refractivity contribution in [1.29, 1.82) is 0 Å². The van der Waals surface area contributed by atoms with Crippen LogP contribution in [0.5, 0.6) is 0 Å². The van der Waals surface area contributed by atoms with Gasteiger partial charge in [-0.25, -0.2) is 0 Å². The number of carbonyl (C=O) groups is 1. The summed E-state index contributed by atoms with van der Waals surface area (Å²) in [6.07, 6.45) is 2.20. The summed E-state index contributed by atoms with van der Waals surface area (Å²) in [5, 5.41) is 15.1. The molecule has 1 amide bonds. The van der Waals surface area contributed by atoms with Gasteiger partial charge in [-0.15, -0.1) is 0 Å². The molecule has 1 aliphatic heterocycles. The van der Waals surface area contributed by atoms with Crippen LogP contribution in [-0.2, 0) is 0 Å². The van der Waals surface area contributed by atoms with Gasteiger partial charge in [0.05, 0.1) is 9.82 Å². The number of rotatable bonds is 7. The first kappa shape index (κ1) is 20.6. The maximum absolute atomic E-state index is 12.5. The van der Waals surface area contributed by atoms with E-state index < -0.39 is 4.92 Å². The van der Waals surface area contributed by atoms with Crippen molar-refractivity contribution in [2.24, 2.45) is 0 Å². The molecule has 0 spiro atoms. The van der Waals surface area contributed by atoms with Crippen LogP contribution >= 0.6 is 23.4 Å². The summed E-state index contributed by atoms with van der Waals surface area (Å²) in [4.78, 5) is 27.2. The molecule has 3 rings (SSSR count). The summed E-state index contributed by atoms with van der Waals surface area (Å²) in [7, 11) is 0. The van der Waals surface area contributed by atoms with Crippen molar-refractivity contribution in [3.05, 3.63) is 63.2 Å². The molecule has 6 nitrogen and oxygen atoms in total.